The molecule has 1 heterocycles. The van der Waals surface area contributed by atoms with E-state index < -0.39 is 0 Å². The summed E-state index contributed by atoms with van der Waals surface area (Å²) in [5.74, 6) is 0. The summed E-state index contributed by atoms with van der Waals surface area (Å²) in [4.78, 5) is 2.50. The van der Waals surface area contributed by atoms with E-state index in [0.29, 0.717) is 6.04 Å². The van der Waals surface area contributed by atoms with Gasteiger partial charge in [-0.1, -0.05) is 18.6 Å². The second-order valence-corrected chi connectivity index (χ2v) is 5.33. The third-order valence-electron chi connectivity index (χ3n) is 3.46. The van der Waals surface area contributed by atoms with Crippen molar-refractivity contribution in [3.63, 3.8) is 0 Å². The highest BCUT2D eigenvalue weighted by Gasteiger charge is 2.18. The Hall–Kier alpha value is -0.380. The summed E-state index contributed by atoms with van der Waals surface area (Å²) < 4.78 is 0. The molecule has 1 unspecified atom stereocenters. The predicted octanol–water partition coefficient (Wildman–Crippen LogP) is 1.78. The average Bonchev–Trinajstić information content (AvgIpc) is 2.34. The van der Waals surface area contributed by atoms with E-state index in [1.165, 1.54) is 31.5 Å². The van der Waals surface area contributed by atoms with Crippen LogP contribution >= 0.6 is 0 Å². The van der Waals surface area contributed by atoms with Gasteiger partial charge >= 0.3 is 0 Å². The van der Waals surface area contributed by atoms with Crippen molar-refractivity contribution < 1.29 is 5.11 Å². The fraction of sp³-hybridized carbons (Fsp3) is 0.857. The van der Waals surface area contributed by atoms with E-state index >= 15 is 0 Å². The minimum Gasteiger partial charge on any atom is -0.392 e. The van der Waals surface area contributed by atoms with Gasteiger partial charge < -0.3 is 10.4 Å². The van der Waals surface area contributed by atoms with Crippen molar-refractivity contribution in [2.75, 3.05) is 26.2 Å². The molecule has 3 nitrogen and oxygen atoms in total. The molecule has 2 N–H and O–H groups in total. The Labute approximate surface area is 106 Å². The molecule has 0 saturated carbocycles. The van der Waals surface area contributed by atoms with E-state index in [4.69, 9.17) is 0 Å². The Morgan fingerprint density at radius 3 is 2.59 bits per heavy atom. The standard InChI is InChI=1S/C14H28N2O/c1-4-14(17)11-15-13-6-9-16(10-7-13)8-5-12(2)3/h5,13-15,17H,4,6-11H2,1-3H3. The van der Waals surface area contributed by atoms with Crippen LogP contribution in [0.15, 0.2) is 11.6 Å². The monoisotopic (exact) mass is 240 g/mol. The highest BCUT2D eigenvalue weighted by atomic mass is 16.3. The van der Waals surface area contributed by atoms with Crippen molar-refractivity contribution >= 4 is 0 Å². The topological polar surface area (TPSA) is 35.5 Å². The molecule has 0 bridgehead atoms. The fourth-order valence-corrected chi connectivity index (χ4v) is 2.08. The summed E-state index contributed by atoms with van der Waals surface area (Å²) >= 11 is 0. The maximum atomic E-state index is 9.51. The van der Waals surface area contributed by atoms with Gasteiger partial charge in [0.25, 0.3) is 0 Å². The van der Waals surface area contributed by atoms with Gasteiger partial charge in [-0.05, 0) is 46.2 Å². The van der Waals surface area contributed by atoms with E-state index in [1.807, 2.05) is 6.92 Å². The number of aliphatic hydroxyl groups is 1. The summed E-state index contributed by atoms with van der Waals surface area (Å²) in [6, 6.07) is 0.596. The summed E-state index contributed by atoms with van der Waals surface area (Å²) in [5, 5.41) is 13.0. The summed E-state index contributed by atoms with van der Waals surface area (Å²) in [6.45, 7) is 10.5. The lowest BCUT2D eigenvalue weighted by Gasteiger charge is -2.32. The zero-order valence-electron chi connectivity index (χ0n) is 11.6. The number of piperidine rings is 1. The zero-order valence-corrected chi connectivity index (χ0v) is 11.6. The Bertz CT molecular complexity index is 228. The number of allylic oxidation sites excluding steroid dienone is 1. The van der Waals surface area contributed by atoms with Crippen molar-refractivity contribution in [3.8, 4) is 0 Å². The first-order valence-electron chi connectivity index (χ1n) is 6.89. The van der Waals surface area contributed by atoms with Crippen LogP contribution in [0.25, 0.3) is 0 Å². The number of hydrogen-bond acceptors (Lipinski definition) is 3. The Balaban J connectivity index is 2.15. The van der Waals surface area contributed by atoms with Crippen LogP contribution < -0.4 is 5.32 Å². The summed E-state index contributed by atoms with van der Waals surface area (Å²) in [5.41, 5.74) is 1.40. The van der Waals surface area contributed by atoms with Gasteiger partial charge in [-0.25, -0.2) is 0 Å². The van der Waals surface area contributed by atoms with Crippen molar-refractivity contribution in [1.82, 2.24) is 10.2 Å². The van der Waals surface area contributed by atoms with Crippen LogP contribution in [0, 0.1) is 0 Å². The number of hydrogen-bond donors (Lipinski definition) is 2. The molecule has 1 rings (SSSR count). The molecule has 100 valence electrons. The van der Waals surface area contributed by atoms with Crippen molar-refractivity contribution in [2.45, 2.75) is 52.2 Å². The number of rotatable bonds is 6. The normalized spacial score (nSPS) is 20.2. The molecule has 3 heteroatoms. The number of nitrogens with one attached hydrogen (secondary N) is 1. The van der Waals surface area contributed by atoms with E-state index in [0.717, 1.165) is 19.5 Å². The van der Waals surface area contributed by atoms with Gasteiger partial charge in [0.1, 0.15) is 0 Å². The van der Waals surface area contributed by atoms with Gasteiger partial charge in [0.2, 0.25) is 0 Å². The van der Waals surface area contributed by atoms with Crippen molar-refractivity contribution in [1.29, 1.82) is 0 Å². The molecule has 0 amide bonds. The molecule has 0 aromatic heterocycles. The van der Waals surface area contributed by atoms with Crippen molar-refractivity contribution in [3.05, 3.63) is 11.6 Å². The lowest BCUT2D eigenvalue weighted by molar-refractivity contribution is 0.150. The third-order valence-corrected chi connectivity index (χ3v) is 3.46. The van der Waals surface area contributed by atoms with E-state index in [1.54, 1.807) is 0 Å². The minimum absolute atomic E-state index is 0.182. The Kier molecular flexibility index (Phi) is 6.78. The molecule has 1 saturated heterocycles. The molecule has 0 aliphatic carbocycles. The maximum absolute atomic E-state index is 9.51. The zero-order chi connectivity index (χ0) is 12.7. The highest BCUT2D eigenvalue weighted by molar-refractivity contribution is 4.95. The maximum Gasteiger partial charge on any atom is 0.0662 e. The van der Waals surface area contributed by atoms with Crippen LogP contribution in [0.3, 0.4) is 0 Å². The van der Waals surface area contributed by atoms with Gasteiger partial charge in [-0.15, -0.1) is 0 Å². The molecule has 1 aliphatic rings. The molecule has 0 spiro atoms. The van der Waals surface area contributed by atoms with Gasteiger partial charge in [0.05, 0.1) is 6.10 Å². The average molecular weight is 240 g/mol. The minimum atomic E-state index is -0.182. The van der Waals surface area contributed by atoms with Gasteiger partial charge in [-0.3, -0.25) is 4.90 Å². The first-order valence-corrected chi connectivity index (χ1v) is 6.89. The largest absolute Gasteiger partial charge is 0.392 e. The highest BCUT2D eigenvalue weighted by Crippen LogP contribution is 2.10. The summed E-state index contributed by atoms with van der Waals surface area (Å²) in [7, 11) is 0. The number of likely N-dealkylation sites (tertiary alicyclic amines) is 1. The molecule has 0 radical (unpaired) electrons. The molecule has 0 aromatic carbocycles. The van der Waals surface area contributed by atoms with Crippen LogP contribution in [0.5, 0.6) is 0 Å². The lowest BCUT2D eigenvalue weighted by atomic mass is 10.0. The number of nitrogens with zero attached hydrogens (tertiary/aromatic N) is 1. The first-order chi connectivity index (χ1) is 8.11. The van der Waals surface area contributed by atoms with Gasteiger partial charge in [0.15, 0.2) is 0 Å². The SMILES string of the molecule is CCC(O)CNC1CCN(CC=C(C)C)CC1. The van der Waals surface area contributed by atoms with Crippen LogP contribution in [-0.4, -0.2) is 48.3 Å². The van der Waals surface area contributed by atoms with Gasteiger partial charge in [0, 0.05) is 19.1 Å². The number of aliphatic hydroxyl groups excluding tert-OH is 1. The smallest absolute Gasteiger partial charge is 0.0662 e. The molecule has 1 aliphatic heterocycles. The van der Waals surface area contributed by atoms with Crippen LogP contribution in [0.4, 0.5) is 0 Å². The molecular weight excluding hydrogens is 212 g/mol. The summed E-state index contributed by atoms with van der Waals surface area (Å²) in [6.07, 6.45) is 5.36. The first kappa shape index (κ1) is 14.7. The van der Waals surface area contributed by atoms with Crippen LogP contribution in [-0.2, 0) is 0 Å². The van der Waals surface area contributed by atoms with Crippen LogP contribution in [0.1, 0.15) is 40.0 Å². The second-order valence-electron chi connectivity index (χ2n) is 5.33. The molecule has 1 atom stereocenters. The quantitative estimate of drug-likeness (QED) is 0.695. The van der Waals surface area contributed by atoms with Gasteiger partial charge in [-0.2, -0.15) is 0 Å². The van der Waals surface area contributed by atoms with E-state index in [9.17, 15) is 5.11 Å². The Morgan fingerprint density at radius 2 is 2.06 bits per heavy atom. The lowest BCUT2D eigenvalue weighted by Crippen LogP contribution is -2.44. The van der Waals surface area contributed by atoms with Crippen molar-refractivity contribution in [2.24, 2.45) is 0 Å². The predicted molar refractivity (Wildman–Crippen MR) is 73.2 cm³/mol. The fourth-order valence-electron chi connectivity index (χ4n) is 2.08. The van der Waals surface area contributed by atoms with E-state index in [2.05, 4.69) is 30.1 Å². The molecule has 17 heavy (non-hydrogen) atoms. The molecular formula is C14H28N2O. The molecule has 0 aromatic rings. The second kappa shape index (κ2) is 7.85. The van der Waals surface area contributed by atoms with E-state index in [-0.39, 0.29) is 6.10 Å². The Morgan fingerprint density at radius 1 is 1.41 bits per heavy atom. The third kappa shape index (κ3) is 6.20. The molecule has 1 fully saturated rings. The van der Waals surface area contributed by atoms with Crippen LogP contribution in [0.2, 0.25) is 0 Å².